The molecule has 0 saturated heterocycles. The zero-order chi connectivity index (χ0) is 20.6. The molecule has 9 nitrogen and oxygen atoms in total. The van der Waals surface area contributed by atoms with E-state index < -0.39 is 21.8 Å². The van der Waals surface area contributed by atoms with Crippen LogP contribution in [-0.2, 0) is 14.8 Å². The van der Waals surface area contributed by atoms with Crippen molar-refractivity contribution in [2.24, 2.45) is 0 Å². The van der Waals surface area contributed by atoms with Gasteiger partial charge in [0, 0.05) is 0 Å². The summed E-state index contributed by atoms with van der Waals surface area (Å²) < 4.78 is 31.0. The van der Waals surface area contributed by atoms with Crippen molar-refractivity contribution < 1.29 is 22.7 Å². The second kappa shape index (κ2) is 9.38. The van der Waals surface area contributed by atoms with Crippen LogP contribution in [0.1, 0.15) is 22.8 Å². The Morgan fingerprint density at radius 1 is 1.07 bits per heavy atom. The minimum atomic E-state index is -3.56. The van der Waals surface area contributed by atoms with Crippen molar-refractivity contribution in [3.05, 3.63) is 59.7 Å². The third kappa shape index (κ3) is 6.00. The fourth-order valence-electron chi connectivity index (χ4n) is 2.01. The molecule has 0 bridgehead atoms. The first-order valence-electron chi connectivity index (χ1n) is 8.16. The van der Waals surface area contributed by atoms with Crippen LogP contribution in [0.4, 0.5) is 5.69 Å². The van der Waals surface area contributed by atoms with Crippen LogP contribution in [0.15, 0.2) is 48.5 Å². The number of ether oxygens (including phenoxy) is 1. The first-order valence-corrected chi connectivity index (χ1v) is 9.81. The summed E-state index contributed by atoms with van der Waals surface area (Å²) in [6.07, 6.45) is 0. The van der Waals surface area contributed by atoms with Gasteiger partial charge in [-0.05, 0) is 43.3 Å². The molecule has 0 aromatic heterocycles. The van der Waals surface area contributed by atoms with Gasteiger partial charge in [0.25, 0.3) is 11.8 Å². The van der Waals surface area contributed by atoms with Crippen LogP contribution in [-0.4, -0.2) is 32.6 Å². The van der Waals surface area contributed by atoms with E-state index in [4.69, 9.17) is 10.00 Å². The number of hydrazine groups is 1. The lowest BCUT2D eigenvalue weighted by molar-refractivity contribution is -0.123. The number of nitrogens with one attached hydrogen (secondary N) is 3. The molecule has 2 aromatic rings. The van der Waals surface area contributed by atoms with Crippen molar-refractivity contribution in [2.75, 3.05) is 17.1 Å². The van der Waals surface area contributed by atoms with Gasteiger partial charge in [0.15, 0.2) is 6.61 Å². The van der Waals surface area contributed by atoms with Crippen molar-refractivity contribution in [1.82, 2.24) is 10.9 Å². The van der Waals surface area contributed by atoms with Crippen LogP contribution in [0.3, 0.4) is 0 Å². The van der Waals surface area contributed by atoms with Crippen LogP contribution in [0.5, 0.6) is 5.75 Å². The highest BCUT2D eigenvalue weighted by Gasteiger charge is 2.15. The summed E-state index contributed by atoms with van der Waals surface area (Å²) in [6.45, 7) is 1.11. The molecule has 0 aliphatic carbocycles. The van der Waals surface area contributed by atoms with Crippen molar-refractivity contribution in [1.29, 1.82) is 5.26 Å². The number of para-hydroxylation sites is 1. The molecule has 0 fully saturated rings. The number of benzene rings is 2. The molecule has 0 spiro atoms. The lowest BCUT2D eigenvalue weighted by Gasteiger charge is -2.12. The van der Waals surface area contributed by atoms with E-state index in [1.807, 2.05) is 6.07 Å². The fourth-order valence-corrected chi connectivity index (χ4v) is 2.67. The van der Waals surface area contributed by atoms with Crippen molar-refractivity contribution in [3.8, 4) is 11.8 Å². The Balaban J connectivity index is 1.91. The number of rotatable bonds is 7. The van der Waals surface area contributed by atoms with E-state index in [1.54, 1.807) is 36.4 Å². The van der Waals surface area contributed by atoms with E-state index in [1.165, 1.54) is 19.1 Å². The molecule has 3 N–H and O–H groups in total. The second-order valence-electron chi connectivity index (χ2n) is 5.48. The van der Waals surface area contributed by atoms with Gasteiger partial charge in [0.2, 0.25) is 10.0 Å². The summed E-state index contributed by atoms with van der Waals surface area (Å²) in [5.41, 5.74) is 5.00. The number of nitriles is 1. The maximum absolute atomic E-state index is 12.3. The molecule has 0 radical (unpaired) electrons. The number of anilines is 1. The predicted octanol–water partition coefficient (Wildman–Crippen LogP) is 1.16. The SMILES string of the molecule is CCS(=O)(=O)Nc1ccccc1C(=O)NNC(=O)COc1ccc(C#N)cc1. The van der Waals surface area contributed by atoms with Gasteiger partial charge in [-0.3, -0.25) is 25.2 Å². The first-order chi connectivity index (χ1) is 13.3. The molecule has 2 amide bonds. The molecular weight excluding hydrogens is 384 g/mol. The van der Waals surface area contributed by atoms with Crippen LogP contribution in [0.25, 0.3) is 0 Å². The Morgan fingerprint density at radius 2 is 1.75 bits per heavy atom. The number of amides is 2. The lowest BCUT2D eigenvalue weighted by Crippen LogP contribution is -2.44. The number of nitrogens with zero attached hydrogens (tertiary/aromatic N) is 1. The maximum Gasteiger partial charge on any atom is 0.276 e. The number of carbonyl (C=O) groups excluding carboxylic acids is 2. The topological polar surface area (TPSA) is 137 Å². The van der Waals surface area contributed by atoms with Gasteiger partial charge in [-0.15, -0.1) is 0 Å². The molecule has 0 aliphatic rings. The average Bonchev–Trinajstić information content (AvgIpc) is 2.71. The van der Waals surface area contributed by atoms with Gasteiger partial charge < -0.3 is 4.74 Å². The van der Waals surface area contributed by atoms with Crippen LogP contribution < -0.4 is 20.3 Å². The molecule has 2 aromatic carbocycles. The Hall–Kier alpha value is -3.58. The highest BCUT2D eigenvalue weighted by molar-refractivity contribution is 7.92. The van der Waals surface area contributed by atoms with Gasteiger partial charge >= 0.3 is 0 Å². The van der Waals surface area contributed by atoms with Crippen LogP contribution >= 0.6 is 0 Å². The Bertz CT molecular complexity index is 997. The highest BCUT2D eigenvalue weighted by atomic mass is 32.2. The van der Waals surface area contributed by atoms with E-state index in [2.05, 4.69) is 15.6 Å². The molecule has 0 unspecified atom stereocenters. The Morgan fingerprint density at radius 3 is 2.39 bits per heavy atom. The van der Waals surface area contributed by atoms with Gasteiger partial charge in [0.05, 0.1) is 28.6 Å². The van der Waals surface area contributed by atoms with Crippen LogP contribution in [0.2, 0.25) is 0 Å². The van der Waals surface area contributed by atoms with E-state index >= 15 is 0 Å². The summed E-state index contributed by atoms with van der Waals surface area (Å²) in [6, 6.07) is 14.1. The van der Waals surface area contributed by atoms with Crippen molar-refractivity contribution >= 4 is 27.5 Å². The number of carbonyl (C=O) groups is 2. The molecular formula is C18H18N4O5S. The number of hydrogen-bond donors (Lipinski definition) is 3. The number of sulfonamides is 1. The Labute approximate surface area is 162 Å². The third-order valence-electron chi connectivity index (χ3n) is 3.49. The molecule has 146 valence electrons. The smallest absolute Gasteiger partial charge is 0.276 e. The largest absolute Gasteiger partial charge is 0.484 e. The summed E-state index contributed by atoms with van der Waals surface area (Å²) in [5, 5.41) is 8.73. The van der Waals surface area contributed by atoms with E-state index in [-0.39, 0.29) is 23.6 Å². The molecule has 10 heteroatoms. The summed E-state index contributed by atoms with van der Waals surface area (Å²) in [4.78, 5) is 24.1. The molecule has 0 saturated carbocycles. The first kappa shape index (κ1) is 20.7. The molecule has 2 rings (SSSR count). The number of hydrogen-bond acceptors (Lipinski definition) is 6. The molecule has 28 heavy (non-hydrogen) atoms. The van der Waals surface area contributed by atoms with Gasteiger partial charge in [-0.25, -0.2) is 8.42 Å². The van der Waals surface area contributed by atoms with E-state index in [0.29, 0.717) is 11.3 Å². The quantitative estimate of drug-likeness (QED) is 0.594. The minimum absolute atomic E-state index is 0.0489. The Kier molecular flexibility index (Phi) is 6.95. The molecule has 0 aliphatic heterocycles. The van der Waals surface area contributed by atoms with Crippen LogP contribution in [0, 0.1) is 11.3 Å². The normalized spacial score (nSPS) is 10.4. The van der Waals surface area contributed by atoms with Gasteiger partial charge in [0.1, 0.15) is 5.75 Å². The predicted molar refractivity (Wildman–Crippen MR) is 102 cm³/mol. The van der Waals surface area contributed by atoms with Crippen molar-refractivity contribution in [3.63, 3.8) is 0 Å². The molecule has 0 heterocycles. The zero-order valence-corrected chi connectivity index (χ0v) is 15.7. The highest BCUT2D eigenvalue weighted by Crippen LogP contribution is 2.16. The van der Waals surface area contributed by atoms with Gasteiger partial charge in [-0.1, -0.05) is 12.1 Å². The second-order valence-corrected chi connectivity index (χ2v) is 7.49. The third-order valence-corrected chi connectivity index (χ3v) is 4.78. The van der Waals surface area contributed by atoms with Gasteiger partial charge in [-0.2, -0.15) is 5.26 Å². The standard InChI is InChI=1S/C18H18N4O5S/c1-2-28(25,26)22-16-6-4-3-5-15(16)18(24)21-20-17(23)12-27-14-9-7-13(11-19)8-10-14/h3-10,22H,2,12H2,1H3,(H,20,23)(H,21,24). The summed E-state index contributed by atoms with van der Waals surface area (Å²) in [5.74, 6) is -1.07. The summed E-state index contributed by atoms with van der Waals surface area (Å²) in [7, 11) is -3.56. The fraction of sp³-hybridized carbons (Fsp3) is 0.167. The zero-order valence-electron chi connectivity index (χ0n) is 14.9. The minimum Gasteiger partial charge on any atom is -0.484 e. The van der Waals surface area contributed by atoms with Crippen molar-refractivity contribution in [2.45, 2.75) is 6.92 Å². The molecule has 0 atom stereocenters. The van der Waals surface area contributed by atoms with E-state index in [0.717, 1.165) is 0 Å². The summed E-state index contributed by atoms with van der Waals surface area (Å²) >= 11 is 0. The van der Waals surface area contributed by atoms with E-state index in [9.17, 15) is 18.0 Å². The maximum atomic E-state index is 12.3. The average molecular weight is 402 g/mol. The monoisotopic (exact) mass is 402 g/mol. The lowest BCUT2D eigenvalue weighted by atomic mass is 10.2.